The van der Waals surface area contributed by atoms with Crippen molar-refractivity contribution in [2.75, 3.05) is 12.0 Å². The molecular weight excluding hydrogens is 514 g/mol. The number of allylic oxidation sites excluding steroid dienone is 6. The first-order chi connectivity index (χ1) is 19.1. The van der Waals surface area contributed by atoms with Gasteiger partial charge in [0.05, 0.1) is 30.2 Å². The van der Waals surface area contributed by atoms with E-state index in [0.29, 0.717) is 22.5 Å². The lowest BCUT2D eigenvalue weighted by atomic mass is 9.59. The van der Waals surface area contributed by atoms with Crippen LogP contribution >= 0.6 is 0 Å². The molecule has 2 aromatic rings. The molecule has 40 heavy (non-hydrogen) atoms. The molecule has 4 aliphatic rings. The average Bonchev–Trinajstić information content (AvgIpc) is 3.20. The molecule has 0 saturated carbocycles. The molecule has 0 aromatic heterocycles. The fraction of sp³-hybridized carbons (Fsp3) is 0.258. The number of carboxylic acids is 1. The maximum Gasteiger partial charge on any atom is 0.335 e. The van der Waals surface area contributed by atoms with E-state index in [0.717, 1.165) is 4.90 Å². The monoisotopic (exact) mass is 539 g/mol. The number of ketones is 2. The minimum atomic E-state index is -1.18. The molecule has 1 heterocycles. The molecule has 4 atom stereocenters. The van der Waals surface area contributed by atoms with Gasteiger partial charge in [-0.05, 0) is 68.2 Å². The smallest absolute Gasteiger partial charge is 0.335 e. The highest BCUT2D eigenvalue weighted by Gasteiger charge is 2.56. The number of aromatic carboxylic acids is 1. The van der Waals surface area contributed by atoms with Crippen LogP contribution < -0.4 is 9.64 Å². The Balaban J connectivity index is 1.49. The molecule has 9 heteroatoms. The van der Waals surface area contributed by atoms with Crippen LogP contribution in [0.15, 0.2) is 76.9 Å². The third-order valence-corrected chi connectivity index (χ3v) is 8.46. The summed E-state index contributed by atoms with van der Waals surface area (Å²) in [4.78, 5) is 66.8. The van der Waals surface area contributed by atoms with Crippen LogP contribution in [0.2, 0.25) is 0 Å². The van der Waals surface area contributed by atoms with Gasteiger partial charge in [-0.25, -0.2) is 4.79 Å². The third kappa shape index (κ3) is 3.65. The van der Waals surface area contributed by atoms with Gasteiger partial charge in [-0.3, -0.25) is 24.1 Å². The Labute approximate surface area is 229 Å². The molecule has 3 aliphatic carbocycles. The molecule has 1 fully saturated rings. The topological polar surface area (TPSA) is 138 Å². The number of hydrogen-bond acceptors (Lipinski definition) is 7. The molecular formula is C31H25NO8. The quantitative estimate of drug-likeness (QED) is 0.341. The Morgan fingerprint density at radius 3 is 2.52 bits per heavy atom. The SMILES string of the molecule is COc1ccc(O)c([C@H]2C3=CC[C@@H]4C(=O)N(c5cccc(C(=O)O)c5)C(=O)[C@@H]4[C@@H]3CC3=C2C(=O)C(C)=CC3=O)c1. The standard InChI is InChI=1S/C31H25NO8/c1-14-10-24(34)22-13-20-18(25(27(22)28(14)35)21-12-17(40-2)6-9-23(21)33)7-8-19-26(20)30(37)32(29(19)36)16-5-3-4-15(11-16)31(38)39/h3-7,9-12,19-20,25-26,33H,8,13H2,1-2H3,(H,38,39)/t19-,20+,25+,26-/m0/s1. The van der Waals surface area contributed by atoms with Gasteiger partial charge < -0.3 is 14.9 Å². The fourth-order valence-corrected chi connectivity index (χ4v) is 6.64. The number of imide groups is 1. The Hall–Kier alpha value is -4.79. The largest absolute Gasteiger partial charge is 0.508 e. The van der Waals surface area contributed by atoms with Gasteiger partial charge in [0.1, 0.15) is 11.5 Å². The molecule has 2 aromatic carbocycles. The summed E-state index contributed by atoms with van der Waals surface area (Å²) in [5.41, 5.74) is 2.03. The summed E-state index contributed by atoms with van der Waals surface area (Å²) < 4.78 is 5.37. The van der Waals surface area contributed by atoms with Gasteiger partial charge in [0, 0.05) is 28.2 Å². The average molecular weight is 540 g/mol. The molecule has 0 bridgehead atoms. The fourth-order valence-electron chi connectivity index (χ4n) is 6.64. The Bertz CT molecular complexity index is 1640. The predicted octanol–water partition coefficient (Wildman–Crippen LogP) is 3.73. The molecule has 1 aliphatic heterocycles. The van der Waals surface area contributed by atoms with Crippen LogP contribution in [0.1, 0.15) is 41.6 Å². The van der Waals surface area contributed by atoms with Crippen molar-refractivity contribution in [2.45, 2.75) is 25.7 Å². The highest BCUT2D eigenvalue weighted by atomic mass is 16.5. The summed E-state index contributed by atoms with van der Waals surface area (Å²) in [5, 5.41) is 20.4. The molecule has 1 saturated heterocycles. The summed E-state index contributed by atoms with van der Waals surface area (Å²) in [6.07, 6.45) is 3.47. The normalized spacial score (nSPS) is 25.7. The van der Waals surface area contributed by atoms with Crippen molar-refractivity contribution in [1.82, 2.24) is 0 Å². The number of amides is 2. The number of nitrogens with zero attached hydrogens (tertiary/aromatic N) is 1. The number of carboxylic acid groups (broad SMARTS) is 1. The second-order valence-electron chi connectivity index (χ2n) is 10.5. The molecule has 0 spiro atoms. The van der Waals surface area contributed by atoms with Gasteiger partial charge in [-0.1, -0.05) is 17.7 Å². The number of anilines is 1. The van der Waals surface area contributed by atoms with E-state index in [1.165, 1.54) is 43.5 Å². The van der Waals surface area contributed by atoms with Crippen LogP contribution in [0.5, 0.6) is 11.5 Å². The number of hydrogen-bond donors (Lipinski definition) is 2. The Morgan fingerprint density at radius 1 is 1.02 bits per heavy atom. The van der Waals surface area contributed by atoms with Gasteiger partial charge in [-0.2, -0.15) is 0 Å². The first-order valence-corrected chi connectivity index (χ1v) is 12.9. The zero-order valence-corrected chi connectivity index (χ0v) is 21.7. The molecule has 9 nitrogen and oxygen atoms in total. The van der Waals surface area contributed by atoms with Gasteiger partial charge >= 0.3 is 5.97 Å². The maximum atomic E-state index is 13.9. The van der Waals surface area contributed by atoms with Gasteiger partial charge in [0.2, 0.25) is 11.8 Å². The minimum absolute atomic E-state index is 0.0544. The van der Waals surface area contributed by atoms with E-state index in [1.807, 2.05) is 6.08 Å². The first-order valence-electron chi connectivity index (χ1n) is 12.9. The summed E-state index contributed by atoms with van der Waals surface area (Å²) in [7, 11) is 1.48. The van der Waals surface area contributed by atoms with E-state index in [1.54, 1.807) is 19.1 Å². The zero-order chi connectivity index (χ0) is 28.5. The van der Waals surface area contributed by atoms with Crippen molar-refractivity contribution in [3.05, 3.63) is 88.0 Å². The van der Waals surface area contributed by atoms with Crippen LogP contribution in [0.3, 0.4) is 0 Å². The molecule has 6 rings (SSSR count). The summed E-state index contributed by atoms with van der Waals surface area (Å²) in [6.45, 7) is 1.58. The van der Waals surface area contributed by atoms with Crippen molar-refractivity contribution < 1.29 is 38.9 Å². The van der Waals surface area contributed by atoms with E-state index < -0.39 is 41.5 Å². The second kappa shape index (κ2) is 9.15. The number of carbonyl (C=O) groups excluding carboxylic acids is 4. The lowest BCUT2D eigenvalue weighted by Crippen LogP contribution is -2.39. The Morgan fingerprint density at radius 2 is 1.80 bits per heavy atom. The highest BCUT2D eigenvalue weighted by Crippen LogP contribution is 2.56. The summed E-state index contributed by atoms with van der Waals surface area (Å²) in [5.74, 6) is -5.28. The highest BCUT2D eigenvalue weighted by molar-refractivity contribution is 6.25. The van der Waals surface area contributed by atoms with Crippen LogP contribution in [0.4, 0.5) is 5.69 Å². The van der Waals surface area contributed by atoms with Crippen molar-refractivity contribution in [1.29, 1.82) is 0 Å². The number of fused-ring (bicyclic) bond motifs is 3. The van der Waals surface area contributed by atoms with Crippen molar-refractivity contribution in [2.24, 2.45) is 17.8 Å². The lowest BCUT2D eigenvalue weighted by molar-refractivity contribution is -0.123. The van der Waals surface area contributed by atoms with E-state index in [4.69, 9.17) is 4.74 Å². The third-order valence-electron chi connectivity index (χ3n) is 8.46. The number of Topliss-reactive ketones (excluding diaryl/α,β-unsaturated/α-hetero) is 1. The van der Waals surface area contributed by atoms with E-state index in [2.05, 4.69) is 0 Å². The summed E-state index contributed by atoms with van der Waals surface area (Å²) >= 11 is 0. The van der Waals surface area contributed by atoms with Gasteiger partial charge in [0.15, 0.2) is 11.6 Å². The number of ether oxygens (including phenoxy) is 1. The van der Waals surface area contributed by atoms with Crippen LogP contribution in [-0.4, -0.2) is 46.7 Å². The molecule has 0 unspecified atom stereocenters. The minimum Gasteiger partial charge on any atom is -0.508 e. The van der Waals surface area contributed by atoms with Crippen molar-refractivity contribution >= 4 is 35.0 Å². The van der Waals surface area contributed by atoms with Gasteiger partial charge in [0.25, 0.3) is 0 Å². The number of phenols is 1. The predicted molar refractivity (Wildman–Crippen MR) is 142 cm³/mol. The second-order valence-corrected chi connectivity index (χ2v) is 10.5. The molecule has 0 radical (unpaired) electrons. The van der Waals surface area contributed by atoms with Crippen LogP contribution in [0.25, 0.3) is 0 Å². The number of carbonyl (C=O) groups is 5. The van der Waals surface area contributed by atoms with E-state index >= 15 is 0 Å². The molecule has 2 amide bonds. The molecule has 2 N–H and O–H groups in total. The zero-order valence-electron chi connectivity index (χ0n) is 21.7. The van der Waals surface area contributed by atoms with Crippen LogP contribution in [0, 0.1) is 17.8 Å². The number of phenolic OH excluding ortho intramolecular Hbond substituents is 1. The first kappa shape index (κ1) is 25.5. The van der Waals surface area contributed by atoms with Crippen LogP contribution in [-0.2, 0) is 19.2 Å². The number of methoxy groups -OCH3 is 1. The number of rotatable bonds is 4. The van der Waals surface area contributed by atoms with Gasteiger partial charge in [-0.15, -0.1) is 0 Å². The van der Waals surface area contributed by atoms with Crippen molar-refractivity contribution in [3.8, 4) is 11.5 Å². The Kier molecular flexibility index (Phi) is 5.83. The maximum absolute atomic E-state index is 13.9. The number of aromatic hydroxyl groups is 1. The summed E-state index contributed by atoms with van der Waals surface area (Å²) in [6, 6.07) is 10.3. The van der Waals surface area contributed by atoms with E-state index in [9.17, 15) is 34.2 Å². The molecule has 202 valence electrons. The number of benzene rings is 2. The lowest BCUT2D eigenvalue weighted by Gasteiger charge is -2.42. The van der Waals surface area contributed by atoms with Crippen molar-refractivity contribution in [3.63, 3.8) is 0 Å². The van der Waals surface area contributed by atoms with E-state index in [-0.39, 0.29) is 52.6 Å².